The van der Waals surface area contributed by atoms with Crippen molar-refractivity contribution in [2.45, 2.75) is 84.0 Å². The van der Waals surface area contributed by atoms with Gasteiger partial charge in [-0.3, -0.25) is 4.79 Å². The minimum absolute atomic E-state index is 0.300. The monoisotopic (exact) mass is 269 g/mol. The van der Waals surface area contributed by atoms with E-state index < -0.39 is 0 Å². The molecule has 0 aliphatic heterocycles. The van der Waals surface area contributed by atoms with E-state index in [1.165, 1.54) is 57.8 Å². The molecule has 0 atom stereocenters. The van der Waals surface area contributed by atoms with Crippen molar-refractivity contribution in [3.8, 4) is 0 Å². The summed E-state index contributed by atoms with van der Waals surface area (Å²) >= 11 is 0. The largest absolute Gasteiger partial charge is 0.373 e. The topological polar surface area (TPSA) is 52.3 Å². The molecule has 19 heavy (non-hydrogen) atoms. The molecule has 3 nitrogen and oxygen atoms in total. The molecule has 0 heterocycles. The Hall–Kier alpha value is -0.830. The summed E-state index contributed by atoms with van der Waals surface area (Å²) in [5.74, 6) is 4.46. The molecule has 0 bridgehead atoms. The summed E-state index contributed by atoms with van der Waals surface area (Å²) < 4.78 is 0. The summed E-state index contributed by atoms with van der Waals surface area (Å²) in [7, 11) is 0. The Balaban J connectivity index is 3.09. The molecular weight excluding hydrogens is 238 g/mol. The van der Waals surface area contributed by atoms with Crippen LogP contribution in [0.15, 0.2) is 12.2 Å². The number of nitrogens with two attached hydrogens (primary N) is 1. The first-order valence-corrected chi connectivity index (χ1v) is 7.85. The second-order valence-corrected chi connectivity index (χ2v) is 5.12. The van der Waals surface area contributed by atoms with Crippen molar-refractivity contribution >= 4 is 5.97 Å². The van der Waals surface area contributed by atoms with Crippen molar-refractivity contribution in [1.29, 1.82) is 0 Å². The predicted molar refractivity (Wildman–Crippen MR) is 80.5 cm³/mol. The molecular formula is C16H31NO2. The van der Waals surface area contributed by atoms with Gasteiger partial charge in [-0.15, -0.1) is 0 Å². The summed E-state index contributed by atoms with van der Waals surface area (Å²) in [5, 5.41) is 0. The first-order valence-electron chi connectivity index (χ1n) is 7.85. The van der Waals surface area contributed by atoms with Crippen molar-refractivity contribution in [2.75, 3.05) is 0 Å². The average molecular weight is 269 g/mol. The van der Waals surface area contributed by atoms with Crippen molar-refractivity contribution in [1.82, 2.24) is 0 Å². The summed E-state index contributed by atoms with van der Waals surface area (Å²) in [4.78, 5) is 14.9. The van der Waals surface area contributed by atoms with Crippen LogP contribution < -0.4 is 5.90 Å². The first kappa shape index (κ1) is 18.2. The van der Waals surface area contributed by atoms with Crippen LogP contribution in [0.4, 0.5) is 0 Å². The van der Waals surface area contributed by atoms with Gasteiger partial charge in [-0.05, 0) is 32.1 Å². The van der Waals surface area contributed by atoms with Gasteiger partial charge in [0.05, 0.1) is 0 Å². The molecule has 0 fully saturated rings. The van der Waals surface area contributed by atoms with E-state index in [9.17, 15) is 4.79 Å². The van der Waals surface area contributed by atoms with Crippen LogP contribution in [0.1, 0.15) is 84.0 Å². The Morgan fingerprint density at radius 2 is 1.42 bits per heavy atom. The highest BCUT2D eigenvalue weighted by molar-refractivity contribution is 5.68. The molecule has 0 aliphatic carbocycles. The molecule has 0 aromatic rings. The number of carbonyl (C=O) groups is 1. The van der Waals surface area contributed by atoms with Crippen LogP contribution in [-0.4, -0.2) is 5.97 Å². The molecule has 0 spiro atoms. The minimum Gasteiger partial charge on any atom is -0.373 e. The van der Waals surface area contributed by atoms with Gasteiger partial charge in [-0.1, -0.05) is 57.6 Å². The van der Waals surface area contributed by atoms with Crippen molar-refractivity contribution < 1.29 is 9.63 Å². The smallest absolute Gasteiger partial charge is 0.324 e. The number of rotatable bonds is 13. The minimum atomic E-state index is -0.300. The number of carbonyl (C=O) groups excluding carboxylic acids is 1. The summed E-state index contributed by atoms with van der Waals surface area (Å²) in [6, 6.07) is 0. The van der Waals surface area contributed by atoms with Gasteiger partial charge in [-0.2, -0.15) is 5.90 Å². The van der Waals surface area contributed by atoms with Gasteiger partial charge in [0.15, 0.2) is 0 Å². The molecule has 0 rings (SSSR count). The second-order valence-electron chi connectivity index (χ2n) is 5.12. The zero-order chi connectivity index (χ0) is 14.2. The molecule has 3 heteroatoms. The number of allylic oxidation sites excluding steroid dienone is 2. The number of unbranched alkanes of at least 4 members (excludes halogenated alkanes) is 9. The molecule has 112 valence electrons. The second kappa shape index (κ2) is 15.2. The molecule has 0 saturated carbocycles. The summed E-state index contributed by atoms with van der Waals surface area (Å²) in [6.07, 6.45) is 18.6. The standard InChI is InChI=1S/C16H31NO2/c1-2-3-4-5-6-7-8-9-10-11-12-13-14-15-16(18)19-17/h7-8H,2-6,9-15,17H2,1H3/b8-7-. The fraction of sp³-hybridized carbons (Fsp3) is 0.812. The van der Waals surface area contributed by atoms with E-state index in [0.29, 0.717) is 6.42 Å². The lowest BCUT2D eigenvalue weighted by Gasteiger charge is -1.99. The van der Waals surface area contributed by atoms with Gasteiger partial charge in [0, 0.05) is 6.42 Å². The van der Waals surface area contributed by atoms with Crippen LogP contribution in [0.2, 0.25) is 0 Å². The summed E-state index contributed by atoms with van der Waals surface area (Å²) in [5.41, 5.74) is 0. The normalized spacial score (nSPS) is 11.1. The van der Waals surface area contributed by atoms with Crippen LogP contribution in [0.5, 0.6) is 0 Å². The third-order valence-corrected chi connectivity index (χ3v) is 3.27. The van der Waals surface area contributed by atoms with Gasteiger partial charge in [0.25, 0.3) is 0 Å². The SMILES string of the molecule is CCCCCC/C=C\CCCCCCCC(=O)ON. The molecule has 0 amide bonds. The lowest BCUT2D eigenvalue weighted by molar-refractivity contribution is -0.144. The molecule has 0 aliphatic rings. The number of hydrogen-bond acceptors (Lipinski definition) is 3. The van der Waals surface area contributed by atoms with Gasteiger partial charge < -0.3 is 4.84 Å². The highest BCUT2D eigenvalue weighted by atomic mass is 16.7. The average Bonchev–Trinajstić information content (AvgIpc) is 2.43. The fourth-order valence-corrected chi connectivity index (χ4v) is 2.05. The Morgan fingerprint density at radius 1 is 0.895 bits per heavy atom. The van der Waals surface area contributed by atoms with Gasteiger partial charge in [0.1, 0.15) is 0 Å². The van der Waals surface area contributed by atoms with Crippen LogP contribution in [0, 0.1) is 0 Å². The van der Waals surface area contributed by atoms with Crippen molar-refractivity contribution in [3.05, 3.63) is 12.2 Å². The summed E-state index contributed by atoms with van der Waals surface area (Å²) in [6.45, 7) is 2.24. The van der Waals surface area contributed by atoms with E-state index in [1.807, 2.05) is 0 Å². The van der Waals surface area contributed by atoms with Gasteiger partial charge >= 0.3 is 5.97 Å². The molecule has 0 unspecified atom stereocenters. The van der Waals surface area contributed by atoms with Crippen LogP contribution in [-0.2, 0) is 9.63 Å². The van der Waals surface area contributed by atoms with E-state index in [-0.39, 0.29) is 5.97 Å². The lowest BCUT2D eigenvalue weighted by atomic mass is 10.1. The Morgan fingerprint density at radius 3 is 2.00 bits per heavy atom. The Bertz CT molecular complexity index is 227. The molecule has 0 aromatic heterocycles. The van der Waals surface area contributed by atoms with Crippen molar-refractivity contribution in [2.24, 2.45) is 5.90 Å². The molecule has 2 N–H and O–H groups in total. The van der Waals surface area contributed by atoms with E-state index in [1.54, 1.807) is 0 Å². The molecule has 0 saturated heterocycles. The van der Waals surface area contributed by atoms with Crippen LogP contribution in [0.25, 0.3) is 0 Å². The maximum Gasteiger partial charge on any atom is 0.324 e. The highest BCUT2D eigenvalue weighted by Crippen LogP contribution is 2.09. The maximum atomic E-state index is 10.8. The number of hydrogen-bond donors (Lipinski definition) is 1. The van der Waals surface area contributed by atoms with E-state index in [0.717, 1.165) is 12.8 Å². The predicted octanol–water partition coefficient (Wildman–Crippen LogP) is 4.66. The highest BCUT2D eigenvalue weighted by Gasteiger charge is 1.99. The lowest BCUT2D eigenvalue weighted by Crippen LogP contribution is -2.08. The zero-order valence-corrected chi connectivity index (χ0v) is 12.5. The zero-order valence-electron chi connectivity index (χ0n) is 12.5. The van der Waals surface area contributed by atoms with Crippen LogP contribution in [0.3, 0.4) is 0 Å². The third kappa shape index (κ3) is 15.1. The van der Waals surface area contributed by atoms with E-state index in [4.69, 9.17) is 5.90 Å². The Kier molecular flexibility index (Phi) is 14.6. The van der Waals surface area contributed by atoms with Gasteiger partial charge in [-0.25, -0.2) is 0 Å². The van der Waals surface area contributed by atoms with E-state index in [2.05, 4.69) is 23.9 Å². The fourth-order valence-electron chi connectivity index (χ4n) is 2.05. The first-order chi connectivity index (χ1) is 9.31. The molecule has 0 aromatic carbocycles. The van der Waals surface area contributed by atoms with Gasteiger partial charge in [0.2, 0.25) is 0 Å². The maximum absolute atomic E-state index is 10.8. The van der Waals surface area contributed by atoms with Crippen LogP contribution >= 0.6 is 0 Å². The molecule has 0 radical (unpaired) electrons. The van der Waals surface area contributed by atoms with E-state index >= 15 is 0 Å². The third-order valence-electron chi connectivity index (χ3n) is 3.27. The quantitative estimate of drug-likeness (QED) is 0.300. The van der Waals surface area contributed by atoms with Crippen molar-refractivity contribution in [3.63, 3.8) is 0 Å². The Labute approximate surface area is 118 Å².